The normalized spacial score (nSPS) is 15.2. The summed E-state index contributed by atoms with van der Waals surface area (Å²) in [6, 6.07) is 13.2. The molecule has 208 valence electrons. The third kappa shape index (κ3) is 8.39. The highest BCUT2D eigenvalue weighted by atomic mass is 16.5. The molecule has 10 heteroatoms. The highest BCUT2D eigenvalue weighted by Gasteiger charge is 2.36. The van der Waals surface area contributed by atoms with E-state index in [0.29, 0.717) is 23.4 Å². The predicted molar refractivity (Wildman–Crippen MR) is 144 cm³/mol. The van der Waals surface area contributed by atoms with Crippen LogP contribution >= 0.6 is 0 Å². The molecule has 0 saturated carbocycles. The lowest BCUT2D eigenvalue weighted by atomic mass is 9.87. The number of nitrogens with one attached hydrogen (secondary N) is 2. The molecule has 0 radical (unpaired) electrons. The van der Waals surface area contributed by atoms with Crippen molar-refractivity contribution in [1.82, 2.24) is 10.4 Å². The van der Waals surface area contributed by atoms with Gasteiger partial charge in [-0.2, -0.15) is 0 Å². The number of anilines is 1. The first-order chi connectivity index (χ1) is 18.3. The van der Waals surface area contributed by atoms with Crippen molar-refractivity contribution in [2.75, 3.05) is 25.1 Å². The molecule has 2 N–H and O–H groups in total. The van der Waals surface area contributed by atoms with Crippen LogP contribution in [0.2, 0.25) is 0 Å². The lowest BCUT2D eigenvalue weighted by molar-refractivity contribution is -0.151. The van der Waals surface area contributed by atoms with Gasteiger partial charge in [0.25, 0.3) is 11.8 Å². The smallest absolute Gasteiger partial charge is 0.338 e. The summed E-state index contributed by atoms with van der Waals surface area (Å²) in [7, 11) is 0. The minimum atomic E-state index is -0.815. The van der Waals surface area contributed by atoms with Gasteiger partial charge in [0.1, 0.15) is 0 Å². The van der Waals surface area contributed by atoms with E-state index in [-0.39, 0.29) is 24.3 Å². The van der Waals surface area contributed by atoms with Crippen molar-refractivity contribution in [2.24, 2.45) is 11.8 Å². The first-order valence-corrected chi connectivity index (χ1v) is 12.8. The van der Waals surface area contributed by atoms with Crippen LogP contribution in [-0.2, 0) is 29.3 Å². The Bertz CT molecular complexity index is 1210. The quantitative estimate of drug-likeness (QED) is 0.468. The molecule has 1 aliphatic heterocycles. The Morgan fingerprint density at radius 2 is 1.56 bits per heavy atom. The molecule has 39 heavy (non-hydrogen) atoms. The SMILES string of the molecule is CC(C)COC(=O)c1ccc(NC(=O)COC(=O)[C@H]2CC(=O)N(NC(=O)c3ccc(C(C)(C)C)cc3)C2)cc1. The molecule has 0 spiro atoms. The van der Waals surface area contributed by atoms with Gasteiger partial charge in [0.15, 0.2) is 6.61 Å². The minimum Gasteiger partial charge on any atom is -0.462 e. The van der Waals surface area contributed by atoms with E-state index in [0.717, 1.165) is 10.6 Å². The van der Waals surface area contributed by atoms with Crippen LogP contribution in [0.5, 0.6) is 0 Å². The molecule has 3 rings (SSSR count). The van der Waals surface area contributed by atoms with Crippen LogP contribution in [0.4, 0.5) is 5.69 Å². The van der Waals surface area contributed by atoms with Crippen molar-refractivity contribution >= 4 is 35.3 Å². The van der Waals surface area contributed by atoms with Crippen LogP contribution in [0.1, 0.15) is 67.3 Å². The largest absolute Gasteiger partial charge is 0.462 e. The molecule has 1 saturated heterocycles. The second-order valence-corrected chi connectivity index (χ2v) is 10.9. The van der Waals surface area contributed by atoms with Gasteiger partial charge in [-0.15, -0.1) is 0 Å². The van der Waals surface area contributed by atoms with Gasteiger partial charge >= 0.3 is 11.9 Å². The number of amides is 3. The number of benzene rings is 2. The minimum absolute atomic E-state index is 0.0561. The number of hydrogen-bond donors (Lipinski definition) is 2. The van der Waals surface area contributed by atoms with Gasteiger partial charge < -0.3 is 14.8 Å². The molecule has 1 fully saturated rings. The van der Waals surface area contributed by atoms with Crippen LogP contribution in [0.25, 0.3) is 0 Å². The Hall–Kier alpha value is -4.21. The molecule has 0 bridgehead atoms. The molecule has 10 nitrogen and oxygen atoms in total. The summed E-state index contributed by atoms with van der Waals surface area (Å²) in [4.78, 5) is 61.6. The maximum absolute atomic E-state index is 12.6. The summed E-state index contributed by atoms with van der Waals surface area (Å²) in [5, 5.41) is 3.67. The summed E-state index contributed by atoms with van der Waals surface area (Å²) in [5.74, 6) is -3.23. The van der Waals surface area contributed by atoms with Crippen molar-refractivity contribution in [3.63, 3.8) is 0 Å². The van der Waals surface area contributed by atoms with Gasteiger partial charge in [-0.05, 0) is 53.3 Å². The fourth-order valence-corrected chi connectivity index (χ4v) is 3.75. The van der Waals surface area contributed by atoms with Gasteiger partial charge in [0.2, 0.25) is 5.91 Å². The lowest BCUT2D eigenvalue weighted by Crippen LogP contribution is -2.43. The van der Waals surface area contributed by atoms with Crippen molar-refractivity contribution < 1.29 is 33.4 Å². The predicted octanol–water partition coefficient (Wildman–Crippen LogP) is 3.47. The molecule has 1 heterocycles. The zero-order chi connectivity index (χ0) is 28.7. The Labute approximate surface area is 228 Å². The number of hydrazine groups is 1. The molecule has 2 aromatic rings. The topological polar surface area (TPSA) is 131 Å². The zero-order valence-electron chi connectivity index (χ0n) is 22.9. The first kappa shape index (κ1) is 29.3. The molecule has 1 atom stereocenters. The molecule has 0 unspecified atom stereocenters. The number of rotatable bonds is 9. The van der Waals surface area contributed by atoms with Gasteiger partial charge in [0, 0.05) is 17.7 Å². The first-order valence-electron chi connectivity index (χ1n) is 12.8. The van der Waals surface area contributed by atoms with E-state index in [9.17, 15) is 24.0 Å². The third-order valence-electron chi connectivity index (χ3n) is 6.01. The van der Waals surface area contributed by atoms with Crippen molar-refractivity contribution in [2.45, 2.75) is 46.5 Å². The monoisotopic (exact) mass is 537 g/mol. The molecule has 3 amide bonds. The van der Waals surface area contributed by atoms with Crippen LogP contribution in [0.3, 0.4) is 0 Å². The summed E-state index contributed by atoms with van der Waals surface area (Å²) in [5.41, 5.74) is 4.70. The Balaban J connectivity index is 1.44. The van der Waals surface area contributed by atoms with Gasteiger partial charge in [-0.1, -0.05) is 46.8 Å². The van der Waals surface area contributed by atoms with E-state index >= 15 is 0 Å². The van der Waals surface area contributed by atoms with E-state index in [1.54, 1.807) is 24.3 Å². The number of hydrogen-bond acceptors (Lipinski definition) is 7. The molecular formula is C29H35N3O7. The van der Waals surface area contributed by atoms with Crippen molar-refractivity contribution in [3.8, 4) is 0 Å². The summed E-state index contributed by atoms with van der Waals surface area (Å²) < 4.78 is 10.3. The molecule has 0 aliphatic carbocycles. The average Bonchev–Trinajstić information content (AvgIpc) is 3.25. The highest BCUT2D eigenvalue weighted by Crippen LogP contribution is 2.23. The second kappa shape index (κ2) is 12.6. The van der Waals surface area contributed by atoms with Crippen molar-refractivity contribution in [1.29, 1.82) is 0 Å². The number of carbonyl (C=O) groups is 5. The van der Waals surface area contributed by atoms with Gasteiger partial charge in [0.05, 0.1) is 24.6 Å². The van der Waals surface area contributed by atoms with E-state index in [2.05, 4.69) is 31.5 Å². The maximum Gasteiger partial charge on any atom is 0.338 e. The maximum atomic E-state index is 12.6. The number of carbonyl (C=O) groups excluding carboxylic acids is 5. The van der Waals surface area contributed by atoms with E-state index in [1.165, 1.54) is 12.1 Å². The third-order valence-corrected chi connectivity index (χ3v) is 6.01. The van der Waals surface area contributed by atoms with Gasteiger partial charge in [-0.25, -0.2) is 4.79 Å². The van der Waals surface area contributed by atoms with Crippen LogP contribution in [-0.4, -0.2) is 54.4 Å². The van der Waals surface area contributed by atoms with Gasteiger partial charge in [-0.3, -0.25) is 29.6 Å². The molecule has 1 aliphatic rings. The molecular weight excluding hydrogens is 502 g/mol. The Morgan fingerprint density at radius 3 is 2.15 bits per heavy atom. The fraction of sp³-hybridized carbons (Fsp3) is 0.414. The number of ether oxygens (including phenoxy) is 2. The zero-order valence-corrected chi connectivity index (χ0v) is 22.9. The van der Waals surface area contributed by atoms with Crippen LogP contribution in [0, 0.1) is 11.8 Å². The summed E-state index contributed by atoms with van der Waals surface area (Å²) in [6.07, 6.45) is -0.141. The number of esters is 2. The average molecular weight is 538 g/mol. The molecule has 2 aromatic carbocycles. The fourth-order valence-electron chi connectivity index (χ4n) is 3.75. The highest BCUT2D eigenvalue weighted by molar-refractivity contribution is 5.97. The van der Waals surface area contributed by atoms with Crippen molar-refractivity contribution in [3.05, 3.63) is 65.2 Å². The van der Waals surface area contributed by atoms with Crippen LogP contribution in [0.15, 0.2) is 48.5 Å². The molecule has 0 aromatic heterocycles. The van der Waals surface area contributed by atoms with Crippen LogP contribution < -0.4 is 10.7 Å². The van der Waals surface area contributed by atoms with E-state index in [4.69, 9.17) is 9.47 Å². The standard InChI is InChI=1S/C29H35N3O7/c1-18(2)16-38-27(36)20-8-12-23(13-9-20)30-24(33)17-39-28(37)21-14-25(34)32(15-21)31-26(35)19-6-10-22(11-7-19)29(3,4)5/h6-13,18,21H,14-17H2,1-5H3,(H,30,33)(H,31,35)/t21-/m0/s1. The number of nitrogens with zero attached hydrogens (tertiary/aromatic N) is 1. The Kier molecular flexibility index (Phi) is 9.45. The summed E-state index contributed by atoms with van der Waals surface area (Å²) in [6.45, 7) is 9.79. The Morgan fingerprint density at radius 1 is 0.949 bits per heavy atom. The van der Waals surface area contributed by atoms with E-state index in [1.807, 2.05) is 26.0 Å². The second-order valence-electron chi connectivity index (χ2n) is 10.9. The van der Waals surface area contributed by atoms with E-state index < -0.39 is 42.2 Å². The lowest BCUT2D eigenvalue weighted by Gasteiger charge is -2.20. The summed E-state index contributed by atoms with van der Waals surface area (Å²) >= 11 is 0.